The van der Waals surface area contributed by atoms with E-state index in [0.717, 1.165) is 13.1 Å². The molecule has 96 valence electrons. The highest BCUT2D eigenvalue weighted by Crippen LogP contribution is 2.29. The van der Waals surface area contributed by atoms with Crippen LogP contribution < -0.4 is 0 Å². The second-order valence-corrected chi connectivity index (χ2v) is 5.90. The van der Waals surface area contributed by atoms with Gasteiger partial charge in [0.2, 0.25) is 0 Å². The van der Waals surface area contributed by atoms with E-state index in [-0.39, 0.29) is 5.82 Å². The molecule has 0 amide bonds. The van der Waals surface area contributed by atoms with Crippen molar-refractivity contribution in [3.63, 3.8) is 0 Å². The lowest BCUT2D eigenvalue weighted by Crippen LogP contribution is -2.39. The summed E-state index contributed by atoms with van der Waals surface area (Å²) in [5.74, 6) is -0.266. The van der Waals surface area contributed by atoms with Crippen LogP contribution in [0.1, 0.15) is 37.8 Å². The number of hydrogen-bond donors (Lipinski definition) is 0. The van der Waals surface area contributed by atoms with Crippen LogP contribution in [0.4, 0.5) is 4.39 Å². The Morgan fingerprint density at radius 3 is 2.83 bits per heavy atom. The molecular formula is C15H19FN2. The first-order chi connectivity index (χ1) is 8.50. The average Bonchev–Trinajstić information content (AvgIpc) is 2.30. The van der Waals surface area contributed by atoms with Crippen LogP contribution in [0.3, 0.4) is 0 Å². The van der Waals surface area contributed by atoms with Crippen molar-refractivity contribution in [3.05, 3.63) is 35.1 Å². The molecule has 2 rings (SSSR count). The minimum Gasteiger partial charge on any atom is -0.298 e. The number of nitrogens with zero attached hydrogens (tertiary/aromatic N) is 2. The van der Waals surface area contributed by atoms with Gasteiger partial charge in [-0.2, -0.15) is 5.26 Å². The summed E-state index contributed by atoms with van der Waals surface area (Å²) in [5, 5.41) is 8.72. The van der Waals surface area contributed by atoms with Gasteiger partial charge in [0.15, 0.2) is 0 Å². The molecular weight excluding hydrogens is 227 g/mol. The summed E-state index contributed by atoms with van der Waals surface area (Å²) in [4.78, 5) is 2.30. The van der Waals surface area contributed by atoms with Gasteiger partial charge in [0, 0.05) is 18.7 Å². The molecule has 0 saturated carbocycles. The maximum Gasteiger partial charge on any atom is 0.129 e. The number of nitriles is 1. The number of benzene rings is 1. The van der Waals surface area contributed by atoms with Gasteiger partial charge in [-0.3, -0.25) is 4.90 Å². The largest absolute Gasteiger partial charge is 0.298 e. The summed E-state index contributed by atoms with van der Waals surface area (Å²) in [7, 11) is 0. The summed E-state index contributed by atoms with van der Waals surface area (Å²) in [6.07, 6.45) is 2.41. The molecule has 18 heavy (non-hydrogen) atoms. The zero-order chi connectivity index (χ0) is 13.2. The van der Waals surface area contributed by atoms with E-state index in [0.29, 0.717) is 23.1 Å². The molecule has 1 saturated heterocycles. The van der Waals surface area contributed by atoms with Gasteiger partial charge in [-0.05, 0) is 36.9 Å². The van der Waals surface area contributed by atoms with Crippen LogP contribution in [0.15, 0.2) is 18.2 Å². The van der Waals surface area contributed by atoms with Crippen molar-refractivity contribution in [2.24, 2.45) is 5.41 Å². The summed E-state index contributed by atoms with van der Waals surface area (Å²) in [6.45, 7) is 7.19. The Bertz CT molecular complexity index is 474. The number of piperidine rings is 1. The maximum absolute atomic E-state index is 13.8. The molecule has 2 nitrogen and oxygen atoms in total. The van der Waals surface area contributed by atoms with Crippen LogP contribution in [0.2, 0.25) is 0 Å². The molecule has 0 spiro atoms. The topological polar surface area (TPSA) is 27.0 Å². The minimum absolute atomic E-state index is 0.266. The van der Waals surface area contributed by atoms with Gasteiger partial charge in [0.25, 0.3) is 0 Å². The first-order valence-electron chi connectivity index (χ1n) is 6.41. The highest BCUT2D eigenvalue weighted by atomic mass is 19.1. The lowest BCUT2D eigenvalue weighted by Gasteiger charge is -2.38. The Morgan fingerprint density at radius 1 is 1.44 bits per heavy atom. The quantitative estimate of drug-likeness (QED) is 0.800. The van der Waals surface area contributed by atoms with Gasteiger partial charge in [0.1, 0.15) is 5.82 Å². The van der Waals surface area contributed by atoms with E-state index in [2.05, 4.69) is 18.7 Å². The third-order valence-electron chi connectivity index (χ3n) is 3.56. The third kappa shape index (κ3) is 3.08. The number of rotatable bonds is 2. The molecule has 0 bridgehead atoms. The van der Waals surface area contributed by atoms with Crippen molar-refractivity contribution in [1.82, 2.24) is 4.90 Å². The maximum atomic E-state index is 13.8. The molecule has 1 fully saturated rings. The van der Waals surface area contributed by atoms with E-state index in [1.807, 2.05) is 6.07 Å². The number of likely N-dealkylation sites (tertiary alicyclic amines) is 1. The van der Waals surface area contributed by atoms with Crippen molar-refractivity contribution >= 4 is 0 Å². The van der Waals surface area contributed by atoms with Crippen LogP contribution in [-0.4, -0.2) is 18.0 Å². The molecule has 0 N–H and O–H groups in total. The Hall–Kier alpha value is -1.40. The Labute approximate surface area is 108 Å². The second-order valence-electron chi connectivity index (χ2n) is 5.90. The van der Waals surface area contributed by atoms with Crippen molar-refractivity contribution in [3.8, 4) is 6.07 Å². The molecule has 3 heteroatoms. The fourth-order valence-electron chi connectivity index (χ4n) is 2.67. The Balaban J connectivity index is 2.08. The molecule has 0 atom stereocenters. The monoisotopic (exact) mass is 246 g/mol. The molecule has 1 aromatic rings. The second kappa shape index (κ2) is 5.07. The zero-order valence-electron chi connectivity index (χ0n) is 11.0. The lowest BCUT2D eigenvalue weighted by molar-refractivity contribution is 0.110. The van der Waals surface area contributed by atoms with Crippen molar-refractivity contribution in [2.75, 3.05) is 13.1 Å². The summed E-state index contributed by atoms with van der Waals surface area (Å²) >= 11 is 0. The van der Waals surface area contributed by atoms with E-state index >= 15 is 0 Å². The summed E-state index contributed by atoms with van der Waals surface area (Å²) < 4.78 is 13.8. The molecule has 0 aliphatic carbocycles. The fraction of sp³-hybridized carbons (Fsp3) is 0.533. The van der Waals surface area contributed by atoms with Crippen LogP contribution in [0.5, 0.6) is 0 Å². The lowest BCUT2D eigenvalue weighted by atomic mass is 9.84. The first-order valence-corrected chi connectivity index (χ1v) is 6.41. The standard InChI is InChI=1S/C15H19FN2/c1-15(2)6-3-7-18(11-15)10-13-5-4-12(9-17)8-14(13)16/h4-5,8H,3,6-7,10-11H2,1-2H3. The van der Waals surface area contributed by atoms with Crippen molar-refractivity contribution in [1.29, 1.82) is 5.26 Å². The SMILES string of the molecule is CC1(C)CCCN(Cc2ccc(C#N)cc2F)C1. The van der Waals surface area contributed by atoms with E-state index < -0.39 is 0 Å². The van der Waals surface area contributed by atoms with Gasteiger partial charge in [-0.1, -0.05) is 19.9 Å². The van der Waals surface area contributed by atoms with E-state index in [1.54, 1.807) is 12.1 Å². The van der Waals surface area contributed by atoms with Gasteiger partial charge in [0.05, 0.1) is 11.6 Å². The van der Waals surface area contributed by atoms with E-state index in [9.17, 15) is 4.39 Å². The molecule has 1 aliphatic heterocycles. The van der Waals surface area contributed by atoms with Crippen molar-refractivity contribution < 1.29 is 4.39 Å². The minimum atomic E-state index is -0.266. The fourth-order valence-corrected chi connectivity index (χ4v) is 2.67. The normalized spacial score (nSPS) is 19.4. The van der Waals surface area contributed by atoms with E-state index in [4.69, 9.17) is 5.26 Å². The predicted octanol–water partition coefficient (Wildman–Crippen LogP) is 3.32. The van der Waals surface area contributed by atoms with E-state index in [1.165, 1.54) is 18.9 Å². The van der Waals surface area contributed by atoms with Gasteiger partial charge in [-0.25, -0.2) is 4.39 Å². The summed E-state index contributed by atoms with van der Waals surface area (Å²) in [5.41, 5.74) is 1.39. The van der Waals surface area contributed by atoms with Gasteiger partial charge in [-0.15, -0.1) is 0 Å². The Kier molecular flexibility index (Phi) is 3.68. The molecule has 0 unspecified atom stereocenters. The molecule has 0 aromatic heterocycles. The van der Waals surface area contributed by atoms with Crippen LogP contribution in [0.25, 0.3) is 0 Å². The molecule has 1 aliphatic rings. The summed E-state index contributed by atoms with van der Waals surface area (Å²) in [6, 6.07) is 6.70. The van der Waals surface area contributed by atoms with Gasteiger partial charge < -0.3 is 0 Å². The van der Waals surface area contributed by atoms with Gasteiger partial charge >= 0.3 is 0 Å². The highest BCUT2D eigenvalue weighted by Gasteiger charge is 2.26. The third-order valence-corrected chi connectivity index (χ3v) is 3.56. The van der Waals surface area contributed by atoms with Crippen LogP contribution in [0, 0.1) is 22.6 Å². The molecule has 1 aromatic carbocycles. The highest BCUT2D eigenvalue weighted by molar-refractivity contribution is 5.32. The van der Waals surface area contributed by atoms with Crippen LogP contribution >= 0.6 is 0 Å². The first kappa shape index (κ1) is 13.0. The van der Waals surface area contributed by atoms with Crippen LogP contribution in [-0.2, 0) is 6.54 Å². The Morgan fingerprint density at radius 2 is 2.22 bits per heavy atom. The molecule has 1 heterocycles. The average molecular weight is 246 g/mol. The molecule has 0 radical (unpaired) electrons. The smallest absolute Gasteiger partial charge is 0.129 e. The predicted molar refractivity (Wildman–Crippen MR) is 69.4 cm³/mol. The van der Waals surface area contributed by atoms with Crippen molar-refractivity contribution in [2.45, 2.75) is 33.2 Å². The zero-order valence-corrected chi connectivity index (χ0v) is 11.0. The number of hydrogen-bond acceptors (Lipinski definition) is 2. The number of halogens is 1.